The average molecular weight is 485 g/mol. The summed E-state index contributed by atoms with van der Waals surface area (Å²) in [4.78, 5) is 0.354. The molecule has 3 nitrogen and oxygen atoms in total. The number of unbranched alkanes of at least 4 members (excludes halogenated alkanes) is 5. The molecule has 26 heavy (non-hydrogen) atoms. The van der Waals surface area contributed by atoms with Gasteiger partial charge in [0, 0.05) is 10.1 Å². The minimum absolute atomic E-state index is 0.354. The number of nitrogens with zero attached hydrogens (tertiary/aromatic N) is 1. The minimum atomic E-state index is -3.55. The van der Waals surface area contributed by atoms with Gasteiger partial charge in [0.1, 0.15) is 0 Å². The summed E-state index contributed by atoms with van der Waals surface area (Å²) >= 11 is 2.24. The molecule has 0 heterocycles. The van der Waals surface area contributed by atoms with E-state index in [4.69, 9.17) is 0 Å². The molecular formula is C21H28INO2S. The molecule has 2 aromatic rings. The maximum absolute atomic E-state index is 13.2. The van der Waals surface area contributed by atoms with E-state index in [0.717, 1.165) is 27.7 Å². The molecule has 0 aliphatic carbocycles. The number of aryl methyl sites for hydroxylation is 1. The van der Waals surface area contributed by atoms with Crippen LogP contribution >= 0.6 is 22.6 Å². The highest BCUT2D eigenvalue weighted by Gasteiger charge is 2.24. The summed E-state index contributed by atoms with van der Waals surface area (Å²) in [5.41, 5.74) is 1.79. The molecule has 0 saturated carbocycles. The second-order valence-corrected chi connectivity index (χ2v) is 9.74. The second kappa shape index (κ2) is 10.3. The van der Waals surface area contributed by atoms with Crippen LogP contribution in [-0.2, 0) is 10.0 Å². The van der Waals surface area contributed by atoms with Gasteiger partial charge in [-0.05, 0) is 72.3 Å². The number of halogens is 1. The van der Waals surface area contributed by atoms with Crippen LogP contribution in [0.2, 0.25) is 0 Å². The first-order valence-electron chi connectivity index (χ1n) is 9.30. The first-order chi connectivity index (χ1) is 12.4. The van der Waals surface area contributed by atoms with Crippen LogP contribution in [0.3, 0.4) is 0 Å². The Morgan fingerprint density at radius 2 is 1.42 bits per heavy atom. The monoisotopic (exact) mass is 485 g/mol. The van der Waals surface area contributed by atoms with E-state index in [9.17, 15) is 8.42 Å². The highest BCUT2D eigenvalue weighted by molar-refractivity contribution is 14.1. The van der Waals surface area contributed by atoms with Gasteiger partial charge in [-0.25, -0.2) is 8.42 Å². The van der Waals surface area contributed by atoms with Crippen LogP contribution in [-0.4, -0.2) is 15.0 Å². The van der Waals surface area contributed by atoms with E-state index in [2.05, 4.69) is 29.5 Å². The molecule has 0 unspecified atom stereocenters. The lowest BCUT2D eigenvalue weighted by Crippen LogP contribution is -2.32. The van der Waals surface area contributed by atoms with Crippen LogP contribution in [0.5, 0.6) is 0 Å². The van der Waals surface area contributed by atoms with Crippen LogP contribution < -0.4 is 4.31 Å². The second-order valence-electron chi connectivity index (χ2n) is 6.63. The summed E-state index contributed by atoms with van der Waals surface area (Å²) < 4.78 is 29.1. The third kappa shape index (κ3) is 5.98. The van der Waals surface area contributed by atoms with Crippen LogP contribution in [0.4, 0.5) is 5.69 Å². The van der Waals surface area contributed by atoms with Crippen LogP contribution in [0.25, 0.3) is 0 Å². The van der Waals surface area contributed by atoms with Gasteiger partial charge < -0.3 is 0 Å². The van der Waals surface area contributed by atoms with E-state index in [1.165, 1.54) is 25.7 Å². The van der Waals surface area contributed by atoms with Gasteiger partial charge in [-0.15, -0.1) is 0 Å². The van der Waals surface area contributed by atoms with Gasteiger partial charge in [0.05, 0.1) is 10.6 Å². The van der Waals surface area contributed by atoms with Crippen molar-refractivity contribution in [1.29, 1.82) is 0 Å². The van der Waals surface area contributed by atoms with E-state index < -0.39 is 10.0 Å². The Hall–Kier alpha value is -1.08. The molecule has 0 aromatic heterocycles. The first-order valence-corrected chi connectivity index (χ1v) is 11.8. The fourth-order valence-electron chi connectivity index (χ4n) is 2.87. The van der Waals surface area contributed by atoms with Gasteiger partial charge in [-0.1, -0.05) is 56.7 Å². The number of hydrogen-bond acceptors (Lipinski definition) is 2. The van der Waals surface area contributed by atoms with E-state index in [1.54, 1.807) is 16.4 Å². The maximum Gasteiger partial charge on any atom is 0.264 e. The lowest BCUT2D eigenvalue weighted by Gasteiger charge is -2.25. The Labute approximate surface area is 172 Å². The third-order valence-corrected chi connectivity index (χ3v) is 7.00. The molecule has 0 saturated heterocycles. The minimum Gasteiger partial charge on any atom is -0.266 e. The Bertz CT molecular complexity index is 771. The van der Waals surface area contributed by atoms with Gasteiger partial charge in [0.15, 0.2) is 0 Å². The number of anilines is 1. The fourth-order valence-corrected chi connectivity index (χ4v) is 4.73. The van der Waals surface area contributed by atoms with Crippen molar-refractivity contribution in [1.82, 2.24) is 0 Å². The number of rotatable bonds is 10. The first kappa shape index (κ1) is 21.2. The molecule has 0 radical (unpaired) electrons. The van der Waals surface area contributed by atoms with Gasteiger partial charge in [0.2, 0.25) is 0 Å². The zero-order valence-electron chi connectivity index (χ0n) is 15.6. The van der Waals surface area contributed by atoms with E-state index >= 15 is 0 Å². The normalized spacial score (nSPS) is 11.5. The predicted octanol–water partition coefficient (Wildman–Crippen LogP) is 6.16. The van der Waals surface area contributed by atoms with Gasteiger partial charge in [-0.2, -0.15) is 0 Å². The number of benzene rings is 2. The van der Waals surface area contributed by atoms with Crippen molar-refractivity contribution >= 4 is 38.3 Å². The molecule has 0 amide bonds. The number of sulfonamides is 1. The Kier molecular flexibility index (Phi) is 8.41. The summed E-state index contributed by atoms with van der Waals surface area (Å²) in [5.74, 6) is 0. The molecule has 0 fully saturated rings. The molecule has 2 rings (SSSR count). The summed E-state index contributed by atoms with van der Waals surface area (Å²) in [5, 5.41) is 0. The fraction of sp³-hybridized carbons (Fsp3) is 0.429. The predicted molar refractivity (Wildman–Crippen MR) is 118 cm³/mol. The Balaban J connectivity index is 2.19. The highest BCUT2D eigenvalue weighted by atomic mass is 127. The smallest absolute Gasteiger partial charge is 0.264 e. The molecule has 142 valence electrons. The largest absolute Gasteiger partial charge is 0.266 e. The summed E-state index contributed by atoms with van der Waals surface area (Å²) in [6, 6.07) is 14.8. The summed E-state index contributed by atoms with van der Waals surface area (Å²) in [6.07, 6.45) is 6.80. The van der Waals surface area contributed by atoms with Crippen molar-refractivity contribution in [2.45, 2.75) is 57.3 Å². The molecule has 0 N–H and O–H groups in total. The molecule has 0 atom stereocenters. The molecule has 0 aliphatic rings. The van der Waals surface area contributed by atoms with E-state index in [0.29, 0.717) is 11.4 Å². The molecule has 0 aliphatic heterocycles. The lowest BCUT2D eigenvalue weighted by atomic mass is 10.1. The van der Waals surface area contributed by atoms with Crippen molar-refractivity contribution in [3.05, 3.63) is 57.7 Å². The third-order valence-electron chi connectivity index (χ3n) is 4.44. The van der Waals surface area contributed by atoms with Crippen LogP contribution in [0.15, 0.2) is 53.4 Å². The van der Waals surface area contributed by atoms with Gasteiger partial charge in [-0.3, -0.25) is 4.31 Å². The Morgan fingerprint density at radius 3 is 2.04 bits per heavy atom. The zero-order valence-corrected chi connectivity index (χ0v) is 18.6. The molecule has 2 aromatic carbocycles. The molecule has 0 spiro atoms. The zero-order chi connectivity index (χ0) is 19.0. The Morgan fingerprint density at radius 1 is 0.846 bits per heavy atom. The lowest BCUT2D eigenvalue weighted by molar-refractivity contribution is 0.580. The van der Waals surface area contributed by atoms with Gasteiger partial charge >= 0.3 is 0 Å². The topological polar surface area (TPSA) is 37.4 Å². The maximum atomic E-state index is 13.2. The average Bonchev–Trinajstić information content (AvgIpc) is 2.62. The number of hydrogen-bond donors (Lipinski definition) is 0. The highest BCUT2D eigenvalue weighted by Crippen LogP contribution is 2.25. The summed E-state index contributed by atoms with van der Waals surface area (Å²) in [7, 11) is -3.55. The molecular weight excluding hydrogens is 457 g/mol. The van der Waals surface area contributed by atoms with Crippen molar-refractivity contribution in [3.8, 4) is 0 Å². The van der Waals surface area contributed by atoms with Crippen LogP contribution in [0, 0.1) is 10.5 Å². The van der Waals surface area contributed by atoms with E-state index in [-0.39, 0.29) is 0 Å². The van der Waals surface area contributed by atoms with Crippen LogP contribution in [0.1, 0.15) is 51.0 Å². The summed E-state index contributed by atoms with van der Waals surface area (Å²) in [6.45, 7) is 4.68. The van der Waals surface area contributed by atoms with Crippen molar-refractivity contribution in [3.63, 3.8) is 0 Å². The van der Waals surface area contributed by atoms with Gasteiger partial charge in [0.25, 0.3) is 10.0 Å². The van der Waals surface area contributed by atoms with Crippen molar-refractivity contribution in [2.24, 2.45) is 0 Å². The standard InChI is InChI=1S/C21H28INO2S/c1-3-4-5-6-7-8-17-23(20-13-11-19(22)12-14-20)26(24,25)21-15-9-18(2)10-16-21/h9-16H,3-8,17H2,1-2H3. The SMILES string of the molecule is CCCCCCCCN(c1ccc(I)cc1)S(=O)(=O)c1ccc(C)cc1. The molecule has 0 bridgehead atoms. The van der Waals surface area contributed by atoms with Crippen molar-refractivity contribution < 1.29 is 8.42 Å². The molecule has 5 heteroatoms. The van der Waals surface area contributed by atoms with E-state index in [1.807, 2.05) is 43.3 Å². The van der Waals surface area contributed by atoms with Crippen molar-refractivity contribution in [2.75, 3.05) is 10.8 Å². The quantitative estimate of drug-likeness (QED) is 0.299.